The highest BCUT2D eigenvalue weighted by atomic mass is 32.2. The van der Waals surface area contributed by atoms with Gasteiger partial charge in [-0.15, -0.1) is 0 Å². The molecule has 0 unspecified atom stereocenters. The minimum atomic E-state index is -3.51. The fourth-order valence-electron chi connectivity index (χ4n) is 0.362. The highest BCUT2D eigenvalue weighted by molar-refractivity contribution is 7.87. The van der Waals surface area contributed by atoms with Crippen LogP contribution in [-0.4, -0.2) is 15.0 Å². The Balaban J connectivity index is 3.69. The van der Waals surface area contributed by atoms with Gasteiger partial charge in [-0.1, -0.05) is 11.6 Å². The monoisotopic (exact) mass is 164 g/mol. The minimum Gasteiger partial charge on any atom is -0.216 e. The predicted octanol–water partition coefficient (Wildman–Crippen LogP) is -0.254. The molecule has 5 heteroatoms. The van der Waals surface area contributed by atoms with E-state index >= 15 is 0 Å². The lowest BCUT2D eigenvalue weighted by molar-refractivity contribution is 0.587. The van der Waals surface area contributed by atoms with Gasteiger partial charge in [0.2, 0.25) is 0 Å². The van der Waals surface area contributed by atoms with E-state index in [-0.39, 0.29) is 6.54 Å². The summed E-state index contributed by atoms with van der Waals surface area (Å²) in [6, 6.07) is 0. The first-order chi connectivity index (χ1) is 4.42. The van der Waals surface area contributed by atoms with Crippen LogP contribution < -0.4 is 9.86 Å². The second-order valence-corrected chi connectivity index (χ2v) is 3.55. The molecule has 0 aliphatic carbocycles. The van der Waals surface area contributed by atoms with Crippen molar-refractivity contribution in [3.05, 3.63) is 11.6 Å². The van der Waals surface area contributed by atoms with E-state index in [1.807, 2.05) is 13.8 Å². The molecule has 0 aliphatic rings. The van der Waals surface area contributed by atoms with Crippen molar-refractivity contribution in [3.8, 4) is 0 Å². The molecule has 0 aliphatic heterocycles. The Morgan fingerprint density at radius 1 is 1.60 bits per heavy atom. The van der Waals surface area contributed by atoms with Crippen molar-refractivity contribution in [2.45, 2.75) is 13.8 Å². The Labute approximate surface area is 61.3 Å². The number of hydrogen-bond acceptors (Lipinski definition) is 2. The van der Waals surface area contributed by atoms with Crippen LogP contribution in [-0.2, 0) is 10.2 Å². The molecule has 0 saturated carbocycles. The third kappa shape index (κ3) is 7.61. The third-order valence-electron chi connectivity index (χ3n) is 0.795. The maximum atomic E-state index is 10.3. The topological polar surface area (TPSA) is 72.2 Å². The number of allylic oxidation sites excluding steroid dienone is 1. The molecule has 0 heterocycles. The van der Waals surface area contributed by atoms with E-state index in [1.54, 1.807) is 6.08 Å². The molecule has 0 spiro atoms. The summed E-state index contributed by atoms with van der Waals surface area (Å²) >= 11 is 0. The molecule has 10 heavy (non-hydrogen) atoms. The molecule has 0 rings (SSSR count). The molecule has 4 nitrogen and oxygen atoms in total. The SMILES string of the molecule is CC(C)=CCNS(N)(=O)=O. The van der Waals surface area contributed by atoms with Crippen molar-refractivity contribution >= 4 is 10.2 Å². The Hall–Kier alpha value is -0.390. The summed E-state index contributed by atoms with van der Waals surface area (Å²) < 4.78 is 22.6. The maximum absolute atomic E-state index is 10.3. The smallest absolute Gasteiger partial charge is 0.216 e. The van der Waals surface area contributed by atoms with Crippen LogP contribution in [0.5, 0.6) is 0 Å². The van der Waals surface area contributed by atoms with Crippen LogP contribution in [0.2, 0.25) is 0 Å². The van der Waals surface area contributed by atoms with Crippen LogP contribution in [0.4, 0.5) is 0 Å². The van der Waals surface area contributed by atoms with Crippen molar-refractivity contribution in [1.82, 2.24) is 4.72 Å². The summed E-state index contributed by atoms with van der Waals surface area (Å²) in [5, 5.41) is 4.65. The summed E-state index contributed by atoms with van der Waals surface area (Å²) in [5.41, 5.74) is 1.05. The first-order valence-electron chi connectivity index (χ1n) is 2.82. The number of hydrogen-bond donors (Lipinski definition) is 2. The van der Waals surface area contributed by atoms with Gasteiger partial charge >= 0.3 is 0 Å². The van der Waals surface area contributed by atoms with E-state index < -0.39 is 10.2 Å². The standard InChI is InChI=1S/C5H12N2O2S/c1-5(2)3-4-7-10(6,8)9/h3,7H,4H2,1-2H3,(H2,6,8,9). The summed E-state index contributed by atoms with van der Waals surface area (Å²) in [6.07, 6.45) is 1.74. The second-order valence-electron chi connectivity index (χ2n) is 2.17. The van der Waals surface area contributed by atoms with Crippen LogP contribution in [0.1, 0.15) is 13.8 Å². The molecule has 3 N–H and O–H groups in total. The lowest BCUT2D eigenvalue weighted by atomic mass is 10.3. The fraction of sp³-hybridized carbons (Fsp3) is 0.600. The minimum absolute atomic E-state index is 0.265. The van der Waals surface area contributed by atoms with Crippen molar-refractivity contribution in [2.75, 3.05) is 6.54 Å². The van der Waals surface area contributed by atoms with Crippen molar-refractivity contribution < 1.29 is 8.42 Å². The average molecular weight is 164 g/mol. The van der Waals surface area contributed by atoms with Crippen molar-refractivity contribution in [2.24, 2.45) is 5.14 Å². The first kappa shape index (κ1) is 9.61. The second kappa shape index (κ2) is 3.70. The van der Waals surface area contributed by atoms with Gasteiger partial charge in [0.25, 0.3) is 10.2 Å². The van der Waals surface area contributed by atoms with E-state index in [4.69, 9.17) is 0 Å². The molecular weight excluding hydrogens is 152 g/mol. The van der Waals surface area contributed by atoms with Crippen molar-refractivity contribution in [1.29, 1.82) is 0 Å². The van der Waals surface area contributed by atoms with E-state index in [1.165, 1.54) is 0 Å². The summed E-state index contributed by atoms with van der Waals surface area (Å²) in [7, 11) is -3.51. The van der Waals surface area contributed by atoms with Crippen LogP contribution in [0.25, 0.3) is 0 Å². The molecule has 0 aromatic carbocycles. The summed E-state index contributed by atoms with van der Waals surface area (Å²) in [4.78, 5) is 0. The average Bonchev–Trinajstić information content (AvgIpc) is 1.59. The Bertz CT molecular complexity index is 214. The Morgan fingerprint density at radius 3 is 2.40 bits per heavy atom. The number of nitrogens with one attached hydrogen (secondary N) is 1. The maximum Gasteiger partial charge on any atom is 0.274 e. The zero-order chi connectivity index (χ0) is 8.20. The van der Waals surface area contributed by atoms with Gasteiger partial charge in [-0.3, -0.25) is 0 Å². The third-order valence-corrected chi connectivity index (χ3v) is 1.36. The molecule has 0 saturated heterocycles. The van der Waals surface area contributed by atoms with Gasteiger partial charge in [0.1, 0.15) is 0 Å². The molecular formula is C5H12N2O2S. The first-order valence-corrected chi connectivity index (χ1v) is 4.37. The molecule has 0 amide bonds. The molecule has 0 aromatic heterocycles. The molecule has 0 bridgehead atoms. The van der Waals surface area contributed by atoms with Crippen LogP contribution in [0, 0.1) is 0 Å². The molecule has 0 atom stereocenters. The number of rotatable bonds is 3. The molecule has 60 valence electrons. The summed E-state index contributed by atoms with van der Waals surface area (Å²) in [6.45, 7) is 4.02. The zero-order valence-corrected chi connectivity index (χ0v) is 6.90. The Kier molecular flexibility index (Phi) is 3.55. The van der Waals surface area contributed by atoms with Crippen LogP contribution in [0.3, 0.4) is 0 Å². The molecule has 0 aromatic rings. The van der Waals surface area contributed by atoms with E-state index in [9.17, 15) is 8.42 Å². The van der Waals surface area contributed by atoms with Crippen LogP contribution in [0.15, 0.2) is 11.6 Å². The predicted molar refractivity (Wildman–Crippen MR) is 40.5 cm³/mol. The van der Waals surface area contributed by atoms with Gasteiger partial charge in [-0.25, -0.2) is 5.14 Å². The molecule has 0 radical (unpaired) electrons. The molecule has 0 fully saturated rings. The number of nitrogens with two attached hydrogens (primary N) is 1. The highest BCUT2D eigenvalue weighted by Crippen LogP contribution is 1.85. The Morgan fingerprint density at radius 2 is 2.10 bits per heavy atom. The van der Waals surface area contributed by atoms with Gasteiger partial charge in [0.15, 0.2) is 0 Å². The largest absolute Gasteiger partial charge is 0.274 e. The zero-order valence-electron chi connectivity index (χ0n) is 6.09. The van der Waals surface area contributed by atoms with Gasteiger partial charge in [0.05, 0.1) is 0 Å². The quantitative estimate of drug-likeness (QED) is 0.564. The van der Waals surface area contributed by atoms with Crippen LogP contribution >= 0.6 is 0 Å². The van der Waals surface area contributed by atoms with E-state index in [2.05, 4.69) is 9.86 Å². The highest BCUT2D eigenvalue weighted by Gasteiger charge is 1.95. The van der Waals surface area contributed by atoms with E-state index in [0.717, 1.165) is 5.57 Å². The fourth-order valence-corrected chi connectivity index (χ4v) is 0.678. The van der Waals surface area contributed by atoms with Crippen molar-refractivity contribution in [3.63, 3.8) is 0 Å². The lowest BCUT2D eigenvalue weighted by Crippen LogP contribution is -2.30. The van der Waals surface area contributed by atoms with Gasteiger partial charge in [-0.05, 0) is 13.8 Å². The normalized spacial score (nSPS) is 11.1. The van der Waals surface area contributed by atoms with Gasteiger partial charge < -0.3 is 0 Å². The van der Waals surface area contributed by atoms with Gasteiger partial charge in [-0.2, -0.15) is 13.1 Å². The van der Waals surface area contributed by atoms with E-state index in [0.29, 0.717) is 0 Å². The summed E-state index contributed by atoms with van der Waals surface area (Å²) in [5.74, 6) is 0. The van der Waals surface area contributed by atoms with Gasteiger partial charge in [0, 0.05) is 6.54 Å². The lowest BCUT2D eigenvalue weighted by Gasteiger charge is -1.95.